The van der Waals surface area contributed by atoms with E-state index in [0.29, 0.717) is 42.9 Å². The Bertz CT molecular complexity index is 1190. The highest BCUT2D eigenvalue weighted by atomic mass is 32.2. The highest BCUT2D eigenvalue weighted by molar-refractivity contribution is 7.82. The highest BCUT2D eigenvalue weighted by Crippen LogP contribution is 2.19. The minimum atomic E-state index is -1.32. The summed E-state index contributed by atoms with van der Waals surface area (Å²) in [6.45, 7) is 2.21. The van der Waals surface area contributed by atoms with Gasteiger partial charge in [0.05, 0.1) is 22.3 Å². The predicted molar refractivity (Wildman–Crippen MR) is 118 cm³/mol. The maximum absolute atomic E-state index is 12.9. The van der Waals surface area contributed by atoms with E-state index in [1.165, 1.54) is 0 Å². The molecule has 3 heterocycles. The van der Waals surface area contributed by atoms with E-state index >= 15 is 0 Å². The van der Waals surface area contributed by atoms with Crippen LogP contribution in [0.15, 0.2) is 57.3 Å². The van der Waals surface area contributed by atoms with Gasteiger partial charge in [-0.1, -0.05) is 12.1 Å². The second-order valence-corrected chi connectivity index (χ2v) is 8.93. The molecule has 0 aliphatic carbocycles. The molecule has 1 unspecified atom stereocenters. The number of rotatable bonds is 7. The monoisotopic (exact) mass is 440 g/mol. The van der Waals surface area contributed by atoms with E-state index in [1.807, 2.05) is 24.3 Å². The molecule has 0 radical (unpaired) electrons. The lowest BCUT2D eigenvalue weighted by Gasteiger charge is -2.21. The Hall–Kier alpha value is -2.95. The second kappa shape index (κ2) is 9.46. The lowest BCUT2D eigenvalue weighted by Crippen LogP contribution is -2.41. The molecule has 0 spiro atoms. The lowest BCUT2D eigenvalue weighted by atomic mass is 10.1. The van der Waals surface area contributed by atoms with Crippen molar-refractivity contribution in [2.75, 3.05) is 20.1 Å². The zero-order valence-electron chi connectivity index (χ0n) is 17.2. The van der Waals surface area contributed by atoms with Crippen molar-refractivity contribution in [3.8, 4) is 11.3 Å². The van der Waals surface area contributed by atoms with Crippen molar-refractivity contribution in [3.63, 3.8) is 0 Å². The van der Waals surface area contributed by atoms with Crippen LogP contribution in [0.5, 0.6) is 0 Å². The average molecular weight is 441 g/mol. The molecule has 9 nitrogen and oxygen atoms in total. The second-order valence-electron chi connectivity index (χ2n) is 7.33. The van der Waals surface area contributed by atoms with E-state index in [4.69, 9.17) is 0 Å². The number of hydrogen-bond donors (Lipinski definition) is 2. The number of benzene rings is 1. The molecule has 31 heavy (non-hydrogen) atoms. The maximum atomic E-state index is 12.9. The molecule has 0 bridgehead atoms. The van der Waals surface area contributed by atoms with Crippen molar-refractivity contribution in [2.24, 2.45) is 0 Å². The molecule has 162 valence electrons. The summed E-state index contributed by atoms with van der Waals surface area (Å²) in [7, 11) is 0.474. The van der Waals surface area contributed by atoms with Gasteiger partial charge >= 0.3 is 5.69 Å². The zero-order chi connectivity index (χ0) is 21.8. The maximum Gasteiger partial charge on any atom is 0.328 e. The average Bonchev–Trinajstić information content (AvgIpc) is 2.81. The molecule has 1 atom stereocenters. The summed E-state index contributed by atoms with van der Waals surface area (Å²) in [4.78, 5) is 35.7. The number of aromatic nitrogens is 4. The largest absolute Gasteiger partial charge is 0.328 e. The van der Waals surface area contributed by atoms with Crippen LogP contribution in [0.4, 0.5) is 0 Å². The molecule has 1 aromatic carbocycles. The van der Waals surface area contributed by atoms with Gasteiger partial charge in [-0.15, -0.1) is 0 Å². The minimum Gasteiger partial charge on any atom is -0.312 e. The molecular formula is C21H24N6O3S. The van der Waals surface area contributed by atoms with Crippen LogP contribution in [0, 0.1) is 0 Å². The minimum absolute atomic E-state index is 0.313. The molecule has 0 amide bonds. The van der Waals surface area contributed by atoms with Gasteiger partial charge in [0.25, 0.3) is 5.56 Å². The molecule has 0 saturated carbocycles. The Morgan fingerprint density at radius 1 is 1.19 bits per heavy atom. The van der Waals surface area contributed by atoms with E-state index in [1.54, 1.807) is 34.5 Å². The van der Waals surface area contributed by atoms with Gasteiger partial charge in [-0.3, -0.25) is 24.3 Å². The molecule has 1 aliphatic heterocycles. The Labute approximate surface area is 181 Å². The van der Waals surface area contributed by atoms with Crippen LogP contribution < -0.4 is 16.6 Å². The van der Waals surface area contributed by atoms with Crippen molar-refractivity contribution in [2.45, 2.75) is 30.8 Å². The topological polar surface area (TPSA) is 113 Å². The van der Waals surface area contributed by atoms with Gasteiger partial charge in [-0.2, -0.15) is 0 Å². The van der Waals surface area contributed by atoms with Crippen LogP contribution >= 0.6 is 0 Å². The van der Waals surface area contributed by atoms with Crippen LogP contribution in [0.25, 0.3) is 11.3 Å². The number of aromatic amines is 1. The number of hydrogen-bond acceptors (Lipinski definition) is 6. The third kappa shape index (κ3) is 4.71. The van der Waals surface area contributed by atoms with Gasteiger partial charge in [0, 0.05) is 63.3 Å². The fourth-order valence-corrected chi connectivity index (χ4v) is 4.71. The SMILES string of the molecule is CN(CCCn1c2c(c(=O)[nH]c1=O)CNCC2)S(=O)c1ccc(-c2cnccn2)cc1. The third-order valence-corrected chi connectivity index (χ3v) is 6.73. The Kier molecular flexibility index (Phi) is 6.50. The molecule has 10 heteroatoms. The summed E-state index contributed by atoms with van der Waals surface area (Å²) in [5.74, 6) is 0. The fourth-order valence-electron chi connectivity index (χ4n) is 3.69. The first-order valence-electron chi connectivity index (χ1n) is 10.1. The van der Waals surface area contributed by atoms with Gasteiger partial charge in [0.1, 0.15) is 11.0 Å². The molecule has 2 aromatic heterocycles. The molecule has 0 saturated heterocycles. The van der Waals surface area contributed by atoms with Crippen LogP contribution in [-0.4, -0.2) is 48.2 Å². The highest BCUT2D eigenvalue weighted by Gasteiger charge is 2.18. The van der Waals surface area contributed by atoms with Crippen LogP contribution in [0.2, 0.25) is 0 Å². The van der Waals surface area contributed by atoms with Gasteiger partial charge in [-0.25, -0.2) is 13.3 Å². The zero-order valence-corrected chi connectivity index (χ0v) is 18.0. The quantitative estimate of drug-likeness (QED) is 0.559. The van der Waals surface area contributed by atoms with Crippen molar-refractivity contribution < 1.29 is 4.21 Å². The number of fused-ring (bicyclic) bond motifs is 1. The summed E-state index contributed by atoms with van der Waals surface area (Å²) in [6.07, 6.45) is 6.22. The Morgan fingerprint density at radius 3 is 2.74 bits per heavy atom. The van der Waals surface area contributed by atoms with Crippen LogP contribution in [0.1, 0.15) is 17.7 Å². The van der Waals surface area contributed by atoms with E-state index in [9.17, 15) is 13.8 Å². The number of nitrogens with zero attached hydrogens (tertiary/aromatic N) is 4. The van der Waals surface area contributed by atoms with E-state index < -0.39 is 11.0 Å². The van der Waals surface area contributed by atoms with Crippen molar-refractivity contribution >= 4 is 11.0 Å². The van der Waals surface area contributed by atoms with E-state index in [2.05, 4.69) is 20.3 Å². The fraction of sp³-hybridized carbons (Fsp3) is 0.333. The van der Waals surface area contributed by atoms with Crippen molar-refractivity contribution in [1.82, 2.24) is 29.1 Å². The first-order chi connectivity index (χ1) is 15.0. The number of H-pyrrole nitrogens is 1. The molecular weight excluding hydrogens is 416 g/mol. The smallest absolute Gasteiger partial charge is 0.312 e. The summed E-state index contributed by atoms with van der Waals surface area (Å²) < 4.78 is 16.3. The summed E-state index contributed by atoms with van der Waals surface area (Å²) in [6, 6.07) is 7.41. The van der Waals surface area contributed by atoms with Crippen molar-refractivity contribution in [1.29, 1.82) is 0 Å². The third-order valence-electron chi connectivity index (χ3n) is 5.31. The number of nitrogens with one attached hydrogen (secondary N) is 2. The molecule has 0 fully saturated rings. The Morgan fingerprint density at radius 2 is 2.00 bits per heavy atom. The van der Waals surface area contributed by atoms with Gasteiger partial charge in [-0.05, 0) is 18.6 Å². The lowest BCUT2D eigenvalue weighted by molar-refractivity contribution is 0.460. The summed E-state index contributed by atoms with van der Waals surface area (Å²) >= 11 is 0. The molecule has 4 rings (SSSR count). The Balaban J connectivity index is 1.39. The van der Waals surface area contributed by atoms with E-state index in [-0.39, 0.29) is 11.2 Å². The first-order valence-corrected chi connectivity index (χ1v) is 11.2. The normalized spacial score (nSPS) is 14.4. The van der Waals surface area contributed by atoms with Crippen LogP contribution in [-0.2, 0) is 30.5 Å². The molecule has 2 N–H and O–H groups in total. The standard InChI is InChI=1S/C21H24N6O3S/c1-26(31(30)16-5-3-15(4-6-16)18-14-23-9-10-24-18)11-2-12-27-19-7-8-22-13-17(19)20(28)25-21(27)29/h3-6,9-10,14,22H,2,7-8,11-13H2,1H3,(H,25,28,29). The molecule has 3 aromatic rings. The predicted octanol–water partition coefficient (Wildman–Crippen LogP) is 0.684. The molecule has 1 aliphatic rings. The van der Waals surface area contributed by atoms with Crippen molar-refractivity contribution in [3.05, 3.63) is 75.0 Å². The van der Waals surface area contributed by atoms with Gasteiger partial charge < -0.3 is 5.32 Å². The first kappa shape index (κ1) is 21.3. The summed E-state index contributed by atoms with van der Waals surface area (Å²) in [5, 5.41) is 3.16. The summed E-state index contributed by atoms with van der Waals surface area (Å²) in [5.41, 5.74) is 2.41. The van der Waals surface area contributed by atoms with Gasteiger partial charge in [0.2, 0.25) is 0 Å². The van der Waals surface area contributed by atoms with Gasteiger partial charge in [0.15, 0.2) is 0 Å². The van der Waals surface area contributed by atoms with Crippen LogP contribution in [0.3, 0.4) is 0 Å². The van der Waals surface area contributed by atoms with E-state index in [0.717, 1.165) is 23.5 Å².